The largest absolute Gasteiger partial charge is 0.338 e. The van der Waals surface area contributed by atoms with E-state index in [1.165, 1.54) is 25.7 Å². The molecule has 1 amide bonds. The Morgan fingerprint density at radius 2 is 2.13 bits per heavy atom. The fourth-order valence-corrected chi connectivity index (χ4v) is 2.54. The summed E-state index contributed by atoms with van der Waals surface area (Å²) in [6.07, 6.45) is 5.37. The van der Waals surface area contributed by atoms with Gasteiger partial charge in [-0.25, -0.2) is 0 Å². The molecule has 4 nitrogen and oxygen atoms in total. The SMILES string of the molecule is CN(CCN1CC(N)C1=O)C1CCCC1. The molecule has 0 spiro atoms. The van der Waals surface area contributed by atoms with Crippen LogP contribution in [0.1, 0.15) is 25.7 Å². The van der Waals surface area contributed by atoms with Gasteiger partial charge < -0.3 is 15.5 Å². The van der Waals surface area contributed by atoms with Crippen LogP contribution in [0.25, 0.3) is 0 Å². The maximum absolute atomic E-state index is 11.3. The Morgan fingerprint density at radius 3 is 2.67 bits per heavy atom. The fourth-order valence-electron chi connectivity index (χ4n) is 2.54. The van der Waals surface area contributed by atoms with Gasteiger partial charge in [-0.1, -0.05) is 12.8 Å². The van der Waals surface area contributed by atoms with Crippen LogP contribution in [0.2, 0.25) is 0 Å². The summed E-state index contributed by atoms with van der Waals surface area (Å²) < 4.78 is 0. The zero-order chi connectivity index (χ0) is 10.8. The minimum atomic E-state index is -0.221. The number of hydrogen-bond acceptors (Lipinski definition) is 3. The van der Waals surface area contributed by atoms with E-state index in [0.29, 0.717) is 0 Å². The molecule has 1 aliphatic carbocycles. The average Bonchev–Trinajstić information content (AvgIpc) is 2.76. The first-order chi connectivity index (χ1) is 7.18. The van der Waals surface area contributed by atoms with Gasteiger partial charge in [-0.2, -0.15) is 0 Å². The minimum Gasteiger partial charge on any atom is -0.338 e. The Hall–Kier alpha value is -0.610. The summed E-state index contributed by atoms with van der Waals surface area (Å²) in [6.45, 7) is 2.58. The van der Waals surface area contributed by atoms with Gasteiger partial charge in [-0.3, -0.25) is 4.79 Å². The third kappa shape index (κ3) is 2.32. The van der Waals surface area contributed by atoms with Crippen molar-refractivity contribution in [2.24, 2.45) is 5.73 Å². The van der Waals surface area contributed by atoms with Crippen molar-refractivity contribution >= 4 is 5.91 Å². The van der Waals surface area contributed by atoms with E-state index in [9.17, 15) is 4.79 Å². The fraction of sp³-hybridized carbons (Fsp3) is 0.909. The van der Waals surface area contributed by atoms with Crippen LogP contribution in [0.15, 0.2) is 0 Å². The smallest absolute Gasteiger partial charge is 0.241 e. The summed E-state index contributed by atoms with van der Waals surface area (Å²) in [5.74, 6) is 0.120. The van der Waals surface area contributed by atoms with Gasteiger partial charge in [0, 0.05) is 25.7 Å². The second-order valence-electron chi connectivity index (χ2n) is 4.81. The van der Waals surface area contributed by atoms with Gasteiger partial charge in [-0.15, -0.1) is 0 Å². The molecule has 2 aliphatic rings. The maximum Gasteiger partial charge on any atom is 0.241 e. The predicted octanol–water partition coefficient (Wildman–Crippen LogP) is 0.0303. The molecule has 2 fully saturated rings. The van der Waals surface area contributed by atoms with Crippen molar-refractivity contribution in [1.29, 1.82) is 0 Å². The molecule has 1 heterocycles. The van der Waals surface area contributed by atoms with E-state index >= 15 is 0 Å². The third-order valence-corrected chi connectivity index (χ3v) is 3.72. The summed E-state index contributed by atoms with van der Waals surface area (Å²) in [5, 5.41) is 0. The third-order valence-electron chi connectivity index (χ3n) is 3.72. The average molecular weight is 211 g/mol. The van der Waals surface area contributed by atoms with Crippen molar-refractivity contribution in [1.82, 2.24) is 9.80 Å². The van der Waals surface area contributed by atoms with Crippen molar-refractivity contribution in [3.8, 4) is 0 Å². The quantitative estimate of drug-likeness (QED) is 0.667. The molecule has 2 N–H and O–H groups in total. The van der Waals surface area contributed by atoms with Gasteiger partial charge in [0.25, 0.3) is 0 Å². The number of carbonyl (C=O) groups is 1. The Balaban J connectivity index is 1.67. The van der Waals surface area contributed by atoms with E-state index in [0.717, 1.165) is 25.7 Å². The van der Waals surface area contributed by atoms with Crippen molar-refractivity contribution in [2.75, 3.05) is 26.7 Å². The monoisotopic (exact) mass is 211 g/mol. The lowest BCUT2D eigenvalue weighted by Gasteiger charge is -2.37. The molecule has 15 heavy (non-hydrogen) atoms. The molecule has 2 rings (SSSR count). The molecular weight excluding hydrogens is 190 g/mol. The van der Waals surface area contributed by atoms with E-state index in [2.05, 4.69) is 11.9 Å². The Labute approximate surface area is 91.4 Å². The van der Waals surface area contributed by atoms with Crippen LogP contribution in [-0.4, -0.2) is 54.5 Å². The lowest BCUT2D eigenvalue weighted by Crippen LogP contribution is -2.62. The molecule has 1 atom stereocenters. The number of β-lactam (4-membered cyclic amide) rings is 1. The molecule has 0 aromatic heterocycles. The van der Waals surface area contributed by atoms with Crippen LogP contribution in [0, 0.1) is 0 Å². The molecule has 86 valence electrons. The second-order valence-corrected chi connectivity index (χ2v) is 4.81. The molecule has 1 saturated carbocycles. The maximum atomic E-state index is 11.3. The molecule has 0 aromatic carbocycles. The van der Waals surface area contributed by atoms with Gasteiger partial charge in [0.05, 0.1) is 0 Å². The highest BCUT2D eigenvalue weighted by Crippen LogP contribution is 2.22. The molecule has 0 aromatic rings. The zero-order valence-corrected chi connectivity index (χ0v) is 9.48. The number of carbonyl (C=O) groups excluding carboxylic acids is 1. The van der Waals surface area contributed by atoms with Gasteiger partial charge in [0.2, 0.25) is 5.91 Å². The van der Waals surface area contributed by atoms with E-state index in [1.54, 1.807) is 0 Å². The van der Waals surface area contributed by atoms with Crippen LogP contribution in [0.4, 0.5) is 0 Å². The molecule has 0 radical (unpaired) electrons. The van der Waals surface area contributed by atoms with E-state index in [1.807, 2.05) is 4.90 Å². The van der Waals surface area contributed by atoms with Gasteiger partial charge >= 0.3 is 0 Å². The number of likely N-dealkylation sites (tertiary alicyclic amines) is 1. The predicted molar refractivity (Wildman–Crippen MR) is 59.4 cm³/mol. The Bertz CT molecular complexity index is 238. The Morgan fingerprint density at radius 1 is 1.47 bits per heavy atom. The number of nitrogens with zero attached hydrogens (tertiary/aromatic N) is 2. The van der Waals surface area contributed by atoms with Gasteiger partial charge in [-0.05, 0) is 19.9 Å². The van der Waals surface area contributed by atoms with Gasteiger partial charge in [0.1, 0.15) is 6.04 Å². The molecular formula is C11H21N3O. The molecule has 1 saturated heterocycles. The van der Waals surface area contributed by atoms with Crippen molar-refractivity contribution in [2.45, 2.75) is 37.8 Å². The highest BCUT2D eigenvalue weighted by atomic mass is 16.2. The Kier molecular flexibility index (Phi) is 3.26. The molecule has 1 unspecified atom stereocenters. The van der Waals surface area contributed by atoms with Crippen LogP contribution in [-0.2, 0) is 4.79 Å². The van der Waals surface area contributed by atoms with Crippen LogP contribution in [0.5, 0.6) is 0 Å². The summed E-state index contributed by atoms with van der Waals surface area (Å²) in [6, 6.07) is 0.525. The van der Waals surface area contributed by atoms with Crippen LogP contribution < -0.4 is 5.73 Å². The molecule has 0 bridgehead atoms. The van der Waals surface area contributed by atoms with E-state index < -0.39 is 0 Å². The standard InChI is InChI=1S/C11H21N3O/c1-13(9-4-2-3-5-9)6-7-14-8-10(12)11(14)15/h9-10H,2-8,12H2,1H3. The summed E-state index contributed by atoms with van der Waals surface area (Å²) >= 11 is 0. The zero-order valence-electron chi connectivity index (χ0n) is 9.48. The normalized spacial score (nSPS) is 27.5. The number of amides is 1. The van der Waals surface area contributed by atoms with Crippen LogP contribution in [0.3, 0.4) is 0 Å². The second kappa shape index (κ2) is 4.49. The topological polar surface area (TPSA) is 49.6 Å². The first-order valence-electron chi connectivity index (χ1n) is 5.93. The van der Waals surface area contributed by atoms with Crippen LogP contribution >= 0.6 is 0 Å². The van der Waals surface area contributed by atoms with E-state index in [-0.39, 0.29) is 11.9 Å². The highest BCUT2D eigenvalue weighted by molar-refractivity contribution is 5.87. The summed E-state index contributed by atoms with van der Waals surface area (Å²) in [4.78, 5) is 15.5. The van der Waals surface area contributed by atoms with Crippen molar-refractivity contribution in [3.05, 3.63) is 0 Å². The molecule has 1 aliphatic heterocycles. The first kappa shape index (κ1) is 10.9. The first-order valence-corrected chi connectivity index (χ1v) is 5.93. The minimum absolute atomic E-state index is 0.120. The molecule has 4 heteroatoms. The number of nitrogens with two attached hydrogens (primary N) is 1. The highest BCUT2D eigenvalue weighted by Gasteiger charge is 2.33. The summed E-state index contributed by atoms with van der Waals surface area (Å²) in [7, 11) is 2.17. The lowest BCUT2D eigenvalue weighted by atomic mass is 10.1. The van der Waals surface area contributed by atoms with Crippen molar-refractivity contribution in [3.63, 3.8) is 0 Å². The number of hydrogen-bond donors (Lipinski definition) is 1. The number of likely N-dealkylation sites (N-methyl/N-ethyl adjacent to an activating group) is 1. The van der Waals surface area contributed by atoms with E-state index in [4.69, 9.17) is 5.73 Å². The summed E-state index contributed by atoms with van der Waals surface area (Å²) in [5.41, 5.74) is 5.54. The lowest BCUT2D eigenvalue weighted by molar-refractivity contribution is -0.142. The van der Waals surface area contributed by atoms with Crippen molar-refractivity contribution < 1.29 is 4.79 Å². The van der Waals surface area contributed by atoms with Gasteiger partial charge in [0.15, 0.2) is 0 Å². The number of rotatable bonds is 4.